The normalized spacial score (nSPS) is 12.9. The van der Waals surface area contributed by atoms with Gasteiger partial charge < -0.3 is 20.2 Å². The zero-order chi connectivity index (χ0) is 38.6. The zero-order valence-corrected chi connectivity index (χ0v) is 32.2. The van der Waals surface area contributed by atoms with Crippen LogP contribution in [0.5, 0.6) is 0 Å². The third kappa shape index (κ3) is 5.86. The number of hydrogen-bond donors (Lipinski definition) is 4. The number of aromatic amines is 2. The van der Waals surface area contributed by atoms with Crippen LogP contribution < -0.4 is 0 Å². The topological polar surface area (TPSA) is 132 Å². The van der Waals surface area contributed by atoms with Gasteiger partial charge in [-0.2, -0.15) is 0 Å². The quantitative estimate of drug-likeness (QED) is 0.126. The van der Waals surface area contributed by atoms with E-state index in [0.29, 0.717) is 0 Å². The van der Waals surface area contributed by atoms with E-state index >= 15 is 0 Å². The van der Waals surface area contributed by atoms with Crippen LogP contribution in [0.15, 0.2) is 60.7 Å². The summed E-state index contributed by atoms with van der Waals surface area (Å²) in [5.74, 6) is -1.93. The van der Waals surface area contributed by atoms with Gasteiger partial charge in [0.1, 0.15) is 0 Å². The number of H-pyrrole nitrogens is 2. The summed E-state index contributed by atoms with van der Waals surface area (Å²) < 4.78 is 0. The summed E-state index contributed by atoms with van der Waals surface area (Å²) in [5.41, 5.74) is 20.5. The van der Waals surface area contributed by atoms with Crippen LogP contribution in [-0.4, -0.2) is 42.1 Å². The van der Waals surface area contributed by atoms with Gasteiger partial charge in [-0.1, -0.05) is 52.0 Å². The fourth-order valence-corrected chi connectivity index (χ4v) is 8.43. The Morgan fingerprint density at radius 3 is 1.20 bits per heavy atom. The fraction of sp³-hybridized carbons (Fsp3) is 0.261. The highest BCUT2D eigenvalue weighted by molar-refractivity contribution is 6.04. The van der Waals surface area contributed by atoms with E-state index in [9.17, 15) is 19.8 Å². The predicted molar refractivity (Wildman–Crippen MR) is 220 cm³/mol. The molecule has 0 radical (unpaired) electrons. The molecule has 8 bridgehead atoms. The van der Waals surface area contributed by atoms with Crippen LogP contribution in [0.25, 0.3) is 66.6 Å². The van der Waals surface area contributed by atoms with Crippen LogP contribution in [-0.2, 0) is 12.8 Å². The molecule has 8 nitrogen and oxygen atoms in total. The predicted octanol–water partition coefficient (Wildman–Crippen LogP) is 11.5. The Balaban J connectivity index is 1.73. The van der Waals surface area contributed by atoms with E-state index in [1.807, 2.05) is 24.3 Å². The van der Waals surface area contributed by atoms with Gasteiger partial charge in [0.2, 0.25) is 0 Å². The maximum Gasteiger partial charge on any atom is 0.335 e. The molecule has 0 saturated carbocycles. The van der Waals surface area contributed by atoms with Crippen LogP contribution in [0.4, 0.5) is 0 Å². The van der Waals surface area contributed by atoms with Crippen LogP contribution in [0, 0.1) is 13.8 Å². The first-order chi connectivity index (χ1) is 25.9. The monoisotopic (exact) mass is 718 g/mol. The molecule has 0 fully saturated rings. The smallest absolute Gasteiger partial charge is 0.335 e. The van der Waals surface area contributed by atoms with Crippen LogP contribution in [0.2, 0.25) is 0 Å². The second-order valence-corrected chi connectivity index (χ2v) is 14.2. The van der Waals surface area contributed by atoms with Crippen LogP contribution in [0.1, 0.15) is 120 Å². The maximum absolute atomic E-state index is 11.9. The van der Waals surface area contributed by atoms with Gasteiger partial charge in [-0.05, 0) is 145 Å². The molecule has 0 saturated heterocycles. The Bertz CT molecular complexity index is 2430. The highest BCUT2D eigenvalue weighted by atomic mass is 16.4. The Labute approximate surface area is 315 Å². The Morgan fingerprint density at radius 2 is 0.907 bits per heavy atom. The third-order valence-corrected chi connectivity index (χ3v) is 11.3. The molecule has 5 aromatic rings. The third-order valence-electron chi connectivity index (χ3n) is 11.3. The Hall–Kier alpha value is -6.02. The van der Waals surface area contributed by atoms with E-state index in [0.717, 1.165) is 126 Å². The standard InChI is InChI=1S/C46H46N4O4/c1-9-31-23(5)41-39(27-13-17-29(18-14-27)45(51)52)42-25(7)33(11-3)37(49-42)22-38-34(12-4)26(8)44(50-38)40(28-15-19-30(20-16-28)46(53)54)43-24(6)32(10-2)36(48-43)21-35(31)47-41/h13-22,47,50H,9-12H2,1-8H3,(H,51,52)(H,53,54). The maximum atomic E-state index is 11.9. The number of nitrogens with zero attached hydrogens (tertiary/aromatic N) is 2. The average molecular weight is 719 g/mol. The first kappa shape index (κ1) is 36.3. The van der Waals surface area contributed by atoms with Crippen molar-refractivity contribution in [3.8, 4) is 22.3 Å². The Morgan fingerprint density at radius 1 is 0.556 bits per heavy atom. The molecule has 5 heterocycles. The number of carboxylic acids is 2. The van der Waals surface area contributed by atoms with E-state index in [1.165, 1.54) is 11.1 Å². The van der Waals surface area contributed by atoms with Gasteiger partial charge >= 0.3 is 11.9 Å². The summed E-state index contributed by atoms with van der Waals surface area (Å²) in [6.45, 7) is 17.2. The minimum absolute atomic E-state index is 0.231. The number of fused-ring (bicyclic) bond motifs is 8. The molecular formula is C46H46N4O4. The lowest BCUT2D eigenvalue weighted by molar-refractivity contribution is 0.0686. The summed E-state index contributed by atoms with van der Waals surface area (Å²) in [6.07, 6.45) is 3.13. The molecule has 7 rings (SSSR count). The van der Waals surface area contributed by atoms with E-state index < -0.39 is 11.9 Å². The molecule has 0 aliphatic carbocycles. The number of aromatic nitrogens is 4. The molecule has 8 heteroatoms. The van der Waals surface area contributed by atoms with Crippen molar-refractivity contribution in [3.63, 3.8) is 0 Å². The van der Waals surface area contributed by atoms with Crippen molar-refractivity contribution < 1.29 is 19.8 Å². The molecule has 2 aliphatic heterocycles. The van der Waals surface area contributed by atoms with Crippen molar-refractivity contribution in [1.29, 1.82) is 0 Å². The van der Waals surface area contributed by atoms with Crippen molar-refractivity contribution in [3.05, 3.63) is 117 Å². The lowest BCUT2D eigenvalue weighted by atomic mass is 9.95. The van der Waals surface area contributed by atoms with E-state index in [4.69, 9.17) is 9.97 Å². The molecule has 3 aromatic heterocycles. The number of benzene rings is 2. The number of aromatic carboxylic acids is 2. The molecule has 4 N–H and O–H groups in total. The molecule has 0 spiro atoms. The first-order valence-corrected chi connectivity index (χ1v) is 18.8. The number of carboxylic acid groups (broad SMARTS) is 2. The van der Waals surface area contributed by atoms with Crippen LogP contribution >= 0.6 is 0 Å². The van der Waals surface area contributed by atoms with Gasteiger partial charge in [-0.3, -0.25) is 0 Å². The van der Waals surface area contributed by atoms with Crippen molar-refractivity contribution in [1.82, 2.24) is 19.9 Å². The lowest BCUT2D eigenvalue weighted by Crippen LogP contribution is -1.96. The van der Waals surface area contributed by atoms with Gasteiger partial charge in [0.25, 0.3) is 0 Å². The van der Waals surface area contributed by atoms with E-state index in [1.54, 1.807) is 24.3 Å². The molecule has 54 heavy (non-hydrogen) atoms. The average Bonchev–Trinajstić information content (AvgIpc) is 3.85. The minimum atomic E-state index is -0.966. The largest absolute Gasteiger partial charge is 0.478 e. The molecule has 2 aliphatic rings. The summed E-state index contributed by atoms with van der Waals surface area (Å²) in [5, 5.41) is 19.4. The second-order valence-electron chi connectivity index (χ2n) is 14.2. The number of rotatable bonds is 8. The SMILES string of the molecule is CCC1=C(C)c2nc1cc1[nH]c(c(C)c1CC)c(-c1ccc(C(=O)O)cc1)c1nc(cc3[nH]c(c(C)c3CC)c2-c2ccc(C(=O)O)cc2)C(CC)=C1C. The number of hydrogen-bond acceptors (Lipinski definition) is 4. The van der Waals surface area contributed by atoms with Crippen LogP contribution in [0.3, 0.4) is 0 Å². The van der Waals surface area contributed by atoms with Crippen molar-refractivity contribution in [2.75, 3.05) is 0 Å². The number of aryl methyl sites for hydroxylation is 4. The molecule has 274 valence electrons. The van der Waals surface area contributed by atoms with E-state index in [-0.39, 0.29) is 11.1 Å². The number of allylic oxidation sites excluding steroid dienone is 4. The molecule has 0 amide bonds. The molecule has 0 atom stereocenters. The highest BCUT2D eigenvalue weighted by Crippen LogP contribution is 2.43. The number of nitrogens with one attached hydrogen (secondary N) is 2. The van der Waals surface area contributed by atoms with Crippen molar-refractivity contribution >= 4 is 56.3 Å². The summed E-state index contributed by atoms with van der Waals surface area (Å²) in [7, 11) is 0. The van der Waals surface area contributed by atoms with Crippen molar-refractivity contribution in [2.24, 2.45) is 0 Å². The molecule has 0 unspecified atom stereocenters. The fourth-order valence-electron chi connectivity index (χ4n) is 8.43. The second kappa shape index (κ2) is 14.1. The first-order valence-electron chi connectivity index (χ1n) is 18.8. The van der Waals surface area contributed by atoms with Gasteiger partial charge in [0, 0.05) is 22.2 Å². The van der Waals surface area contributed by atoms with Gasteiger partial charge in [-0.25, -0.2) is 19.6 Å². The summed E-state index contributed by atoms with van der Waals surface area (Å²) in [6, 6.07) is 18.5. The summed E-state index contributed by atoms with van der Waals surface area (Å²) in [4.78, 5) is 42.2. The lowest BCUT2D eigenvalue weighted by Gasteiger charge is -2.09. The Kier molecular flexibility index (Phi) is 9.48. The summed E-state index contributed by atoms with van der Waals surface area (Å²) >= 11 is 0. The molecule has 2 aromatic carbocycles. The van der Waals surface area contributed by atoms with E-state index in [2.05, 4.69) is 77.5 Å². The van der Waals surface area contributed by atoms with Gasteiger partial charge in [-0.15, -0.1) is 0 Å². The minimum Gasteiger partial charge on any atom is -0.478 e. The van der Waals surface area contributed by atoms with Crippen molar-refractivity contribution in [2.45, 2.75) is 81.1 Å². The highest BCUT2D eigenvalue weighted by Gasteiger charge is 2.26. The zero-order valence-electron chi connectivity index (χ0n) is 32.2. The van der Waals surface area contributed by atoms with Gasteiger partial charge in [0.15, 0.2) is 0 Å². The molecular weight excluding hydrogens is 673 g/mol. The van der Waals surface area contributed by atoms with Gasteiger partial charge in [0.05, 0.1) is 44.9 Å². The number of carbonyl (C=O) groups is 2.